The number of nitrogens with zero attached hydrogens (tertiary/aromatic N) is 3. The smallest absolute Gasteiger partial charge is 0.135 e. The third kappa shape index (κ3) is 3.27. The molecule has 4 rings (SSSR count). The molecule has 3 heterocycles. The first kappa shape index (κ1) is 16.9. The third-order valence-electron chi connectivity index (χ3n) is 4.23. The Balaban J connectivity index is 1.49. The van der Waals surface area contributed by atoms with Crippen LogP contribution in [0.15, 0.2) is 46.9 Å². The molecule has 0 saturated carbocycles. The number of nitrogens with one attached hydrogen (secondary N) is 1. The lowest BCUT2D eigenvalue weighted by atomic mass is 10.2. The fraction of sp³-hybridized carbons (Fsp3) is 0.211. The molecular weight excluding hydrogens is 364 g/mol. The molecule has 2 aromatic heterocycles. The van der Waals surface area contributed by atoms with E-state index in [1.165, 1.54) is 11.3 Å². The zero-order valence-corrected chi connectivity index (χ0v) is 15.9. The predicted octanol–water partition coefficient (Wildman–Crippen LogP) is 4.38. The van der Waals surface area contributed by atoms with Crippen LogP contribution < -0.4 is 0 Å². The van der Waals surface area contributed by atoms with E-state index < -0.39 is 0 Å². The van der Waals surface area contributed by atoms with Crippen LogP contribution in [0.1, 0.15) is 15.7 Å². The topological polar surface area (TPSA) is 73.1 Å². The van der Waals surface area contributed by atoms with Gasteiger partial charge in [0.05, 0.1) is 22.8 Å². The largest absolute Gasteiger partial charge is 0.510 e. The summed E-state index contributed by atoms with van der Waals surface area (Å²) in [5.74, 6) is 0.559. The van der Waals surface area contributed by atoms with E-state index in [1.807, 2.05) is 52.9 Å². The molecule has 132 valence electrons. The number of amidine groups is 1. The Hall–Kier alpha value is -2.51. The highest BCUT2D eigenvalue weighted by Crippen LogP contribution is 2.32. The number of thiazole rings is 2. The lowest BCUT2D eigenvalue weighted by Gasteiger charge is -2.17. The summed E-state index contributed by atoms with van der Waals surface area (Å²) in [6.45, 7) is 3.01. The molecule has 1 aliphatic heterocycles. The van der Waals surface area contributed by atoms with Crippen LogP contribution in [0.4, 0.5) is 0 Å². The number of aliphatic hydroxyl groups is 1. The predicted molar refractivity (Wildman–Crippen MR) is 107 cm³/mol. The van der Waals surface area contributed by atoms with Gasteiger partial charge >= 0.3 is 0 Å². The Morgan fingerprint density at radius 2 is 1.96 bits per heavy atom. The van der Waals surface area contributed by atoms with Gasteiger partial charge < -0.3 is 10.0 Å². The molecular formula is C19H18N4OS2. The molecule has 0 saturated heterocycles. The van der Waals surface area contributed by atoms with Crippen LogP contribution in [0, 0.1) is 12.3 Å². The quantitative estimate of drug-likeness (QED) is 0.687. The molecule has 3 aromatic rings. The van der Waals surface area contributed by atoms with E-state index in [9.17, 15) is 5.11 Å². The van der Waals surface area contributed by atoms with Gasteiger partial charge in [-0.1, -0.05) is 30.3 Å². The molecule has 0 atom stereocenters. The van der Waals surface area contributed by atoms with E-state index in [0.717, 1.165) is 28.4 Å². The van der Waals surface area contributed by atoms with Gasteiger partial charge in [-0.15, -0.1) is 22.7 Å². The van der Waals surface area contributed by atoms with Crippen LogP contribution in [-0.2, 0) is 6.42 Å². The molecule has 0 aliphatic carbocycles. The first-order valence-corrected chi connectivity index (χ1v) is 10.1. The number of hydrogen-bond acceptors (Lipinski definition) is 6. The van der Waals surface area contributed by atoms with Crippen LogP contribution in [0.2, 0.25) is 0 Å². The molecule has 0 bridgehead atoms. The van der Waals surface area contributed by atoms with Crippen molar-refractivity contribution in [2.75, 3.05) is 13.1 Å². The summed E-state index contributed by atoms with van der Waals surface area (Å²) >= 11 is 3.10. The number of aryl methyl sites for hydroxylation is 1. The van der Waals surface area contributed by atoms with Crippen molar-refractivity contribution >= 4 is 34.1 Å². The highest BCUT2D eigenvalue weighted by atomic mass is 32.1. The number of hydrogen-bond donors (Lipinski definition) is 2. The Kier molecular flexibility index (Phi) is 4.57. The maximum Gasteiger partial charge on any atom is 0.135 e. The minimum Gasteiger partial charge on any atom is -0.510 e. The van der Waals surface area contributed by atoms with E-state index in [4.69, 9.17) is 5.41 Å². The lowest BCUT2D eigenvalue weighted by molar-refractivity contribution is 0.351. The van der Waals surface area contributed by atoms with E-state index in [0.29, 0.717) is 29.5 Å². The second-order valence-electron chi connectivity index (χ2n) is 6.13. The second kappa shape index (κ2) is 7.01. The first-order chi connectivity index (χ1) is 12.6. The highest BCUT2D eigenvalue weighted by Gasteiger charge is 2.30. The summed E-state index contributed by atoms with van der Waals surface area (Å²) in [4.78, 5) is 11.0. The normalized spacial score (nSPS) is 14.5. The zero-order valence-electron chi connectivity index (χ0n) is 14.3. The summed E-state index contributed by atoms with van der Waals surface area (Å²) in [5.41, 5.74) is 3.48. The lowest BCUT2D eigenvalue weighted by Crippen LogP contribution is -2.28. The number of rotatable bonds is 5. The van der Waals surface area contributed by atoms with Gasteiger partial charge in [-0.3, -0.25) is 5.41 Å². The van der Waals surface area contributed by atoms with Gasteiger partial charge in [0, 0.05) is 35.0 Å². The van der Waals surface area contributed by atoms with E-state index in [1.54, 1.807) is 11.3 Å². The standard InChI is InChI=1S/C19H18N4OS2/c1-12-10-25-16(21-12)7-8-23-9-15(24)17(18(23)20)19-22-14(11-26-19)13-5-3-2-4-6-13/h2-6,10-11,20,24H,7-9H2,1H3. The molecule has 26 heavy (non-hydrogen) atoms. The van der Waals surface area contributed by atoms with Crippen molar-refractivity contribution in [1.82, 2.24) is 14.9 Å². The molecule has 0 amide bonds. The highest BCUT2D eigenvalue weighted by molar-refractivity contribution is 7.11. The molecule has 2 N–H and O–H groups in total. The van der Waals surface area contributed by atoms with Crippen molar-refractivity contribution in [3.05, 3.63) is 62.6 Å². The fourth-order valence-electron chi connectivity index (χ4n) is 2.93. The summed E-state index contributed by atoms with van der Waals surface area (Å²) in [5, 5.41) is 24.6. The van der Waals surface area contributed by atoms with Gasteiger partial charge in [0.1, 0.15) is 16.6 Å². The Bertz CT molecular complexity index is 974. The maximum atomic E-state index is 10.4. The molecule has 0 unspecified atom stereocenters. The summed E-state index contributed by atoms with van der Waals surface area (Å²) < 4.78 is 0. The average Bonchev–Trinajstić information content (AvgIpc) is 3.34. The van der Waals surface area contributed by atoms with Gasteiger partial charge in [-0.25, -0.2) is 9.97 Å². The van der Waals surface area contributed by atoms with Gasteiger partial charge in [0.15, 0.2) is 0 Å². The van der Waals surface area contributed by atoms with Crippen molar-refractivity contribution in [3.63, 3.8) is 0 Å². The van der Waals surface area contributed by atoms with Crippen molar-refractivity contribution in [2.45, 2.75) is 13.3 Å². The van der Waals surface area contributed by atoms with Crippen LogP contribution in [0.3, 0.4) is 0 Å². The van der Waals surface area contributed by atoms with E-state index >= 15 is 0 Å². The van der Waals surface area contributed by atoms with E-state index in [2.05, 4.69) is 9.97 Å². The van der Waals surface area contributed by atoms with Crippen molar-refractivity contribution in [3.8, 4) is 11.3 Å². The molecule has 0 radical (unpaired) electrons. The Labute approximate surface area is 159 Å². The number of benzene rings is 1. The van der Waals surface area contributed by atoms with Crippen molar-refractivity contribution in [1.29, 1.82) is 5.41 Å². The van der Waals surface area contributed by atoms with Gasteiger partial charge in [0.2, 0.25) is 0 Å². The molecule has 0 fully saturated rings. The van der Waals surface area contributed by atoms with E-state index in [-0.39, 0.29) is 5.76 Å². The van der Waals surface area contributed by atoms with Crippen LogP contribution in [0.5, 0.6) is 0 Å². The summed E-state index contributed by atoms with van der Waals surface area (Å²) in [7, 11) is 0. The molecule has 7 heteroatoms. The number of aromatic nitrogens is 2. The second-order valence-corrected chi connectivity index (χ2v) is 7.93. The molecule has 1 aliphatic rings. The van der Waals surface area contributed by atoms with Gasteiger partial charge in [-0.05, 0) is 6.92 Å². The first-order valence-electron chi connectivity index (χ1n) is 8.30. The monoisotopic (exact) mass is 382 g/mol. The SMILES string of the molecule is Cc1csc(CCN2CC(O)=C(c3nc(-c4ccccc4)cs3)C2=N)n1. The van der Waals surface area contributed by atoms with Gasteiger partial charge in [-0.2, -0.15) is 0 Å². The van der Waals surface area contributed by atoms with Crippen LogP contribution in [-0.4, -0.2) is 38.9 Å². The molecule has 5 nitrogen and oxygen atoms in total. The molecule has 0 spiro atoms. The minimum absolute atomic E-state index is 0.222. The van der Waals surface area contributed by atoms with Gasteiger partial charge in [0.25, 0.3) is 0 Å². The third-order valence-corrected chi connectivity index (χ3v) is 6.12. The minimum atomic E-state index is 0.222. The van der Waals surface area contributed by atoms with Crippen LogP contribution in [0.25, 0.3) is 16.8 Å². The van der Waals surface area contributed by atoms with Crippen LogP contribution >= 0.6 is 22.7 Å². The summed E-state index contributed by atoms with van der Waals surface area (Å²) in [6.07, 6.45) is 0.772. The summed E-state index contributed by atoms with van der Waals surface area (Å²) in [6, 6.07) is 9.94. The molecule has 1 aromatic carbocycles. The fourth-order valence-corrected chi connectivity index (χ4v) is 4.59. The number of aliphatic hydroxyl groups excluding tert-OH is 1. The Morgan fingerprint density at radius 3 is 2.69 bits per heavy atom. The van der Waals surface area contributed by atoms with Crippen molar-refractivity contribution < 1.29 is 5.11 Å². The van der Waals surface area contributed by atoms with Crippen molar-refractivity contribution in [2.24, 2.45) is 0 Å². The Morgan fingerprint density at radius 1 is 1.15 bits per heavy atom. The average molecular weight is 383 g/mol. The maximum absolute atomic E-state index is 10.4. The zero-order chi connectivity index (χ0) is 18.1.